The van der Waals surface area contributed by atoms with E-state index in [-0.39, 0.29) is 6.04 Å². The zero-order chi connectivity index (χ0) is 13.0. The van der Waals surface area contributed by atoms with Crippen LogP contribution in [0.15, 0.2) is 36.7 Å². The van der Waals surface area contributed by atoms with Crippen LogP contribution in [0, 0.1) is 0 Å². The second-order valence-electron chi connectivity index (χ2n) is 4.30. The summed E-state index contributed by atoms with van der Waals surface area (Å²) in [7, 11) is 1.98. The average Bonchev–Trinajstić information content (AvgIpc) is 2.85. The molecule has 0 saturated carbocycles. The van der Waals surface area contributed by atoms with Gasteiger partial charge in [-0.25, -0.2) is 0 Å². The fourth-order valence-corrected chi connectivity index (χ4v) is 2.13. The predicted molar refractivity (Wildman–Crippen MR) is 74.9 cm³/mol. The summed E-state index contributed by atoms with van der Waals surface area (Å²) in [5.41, 5.74) is 2.48. The van der Waals surface area contributed by atoms with Crippen LogP contribution in [0.1, 0.15) is 24.1 Å². The molecule has 1 atom stereocenters. The molecule has 0 spiro atoms. The summed E-state index contributed by atoms with van der Waals surface area (Å²) in [6.45, 7) is 3.00. The average molecular weight is 264 g/mol. The van der Waals surface area contributed by atoms with E-state index >= 15 is 0 Å². The number of rotatable bonds is 5. The fraction of sp³-hybridized carbons (Fsp3) is 0.357. The molecule has 0 aliphatic heterocycles. The topological polar surface area (TPSA) is 29.9 Å². The molecule has 1 heterocycles. The van der Waals surface area contributed by atoms with E-state index in [1.165, 1.54) is 11.1 Å². The number of likely N-dealkylation sites (N-methyl/N-ethyl adjacent to an activating group) is 1. The van der Waals surface area contributed by atoms with Crippen LogP contribution in [0.5, 0.6) is 0 Å². The van der Waals surface area contributed by atoms with Gasteiger partial charge in [-0.05, 0) is 43.7 Å². The highest BCUT2D eigenvalue weighted by Gasteiger charge is 2.11. The van der Waals surface area contributed by atoms with E-state index in [1.54, 1.807) is 0 Å². The van der Waals surface area contributed by atoms with Crippen molar-refractivity contribution in [2.45, 2.75) is 25.9 Å². The van der Waals surface area contributed by atoms with Crippen LogP contribution in [-0.4, -0.2) is 16.8 Å². The van der Waals surface area contributed by atoms with Gasteiger partial charge < -0.3 is 5.32 Å². The first-order valence-electron chi connectivity index (χ1n) is 6.17. The number of hydrogen-bond acceptors (Lipinski definition) is 2. The van der Waals surface area contributed by atoms with Gasteiger partial charge in [0.15, 0.2) is 0 Å². The second kappa shape index (κ2) is 6.03. The van der Waals surface area contributed by atoms with Gasteiger partial charge in [0.2, 0.25) is 0 Å². The summed E-state index contributed by atoms with van der Waals surface area (Å²) in [4.78, 5) is 0. The molecule has 0 radical (unpaired) electrons. The third-order valence-corrected chi connectivity index (χ3v) is 3.32. The SMILES string of the molecule is CCn1cc(CC(NC)c2ccc(Cl)cc2)cn1. The molecule has 0 saturated heterocycles. The number of nitrogens with one attached hydrogen (secondary N) is 1. The maximum atomic E-state index is 5.91. The highest BCUT2D eigenvalue weighted by Crippen LogP contribution is 2.20. The Balaban J connectivity index is 2.11. The van der Waals surface area contributed by atoms with Crippen LogP contribution in [0.25, 0.3) is 0 Å². The first-order chi connectivity index (χ1) is 8.72. The largest absolute Gasteiger partial charge is 0.313 e. The molecule has 0 aliphatic carbocycles. The van der Waals surface area contributed by atoms with E-state index < -0.39 is 0 Å². The predicted octanol–water partition coefficient (Wildman–Crippen LogP) is 3.06. The van der Waals surface area contributed by atoms with E-state index in [4.69, 9.17) is 11.6 Å². The van der Waals surface area contributed by atoms with Gasteiger partial charge in [0.1, 0.15) is 0 Å². The zero-order valence-corrected chi connectivity index (χ0v) is 11.5. The van der Waals surface area contributed by atoms with Crippen molar-refractivity contribution in [2.24, 2.45) is 0 Å². The lowest BCUT2D eigenvalue weighted by Crippen LogP contribution is -2.18. The molecule has 0 fully saturated rings. The molecular weight excluding hydrogens is 246 g/mol. The Bertz CT molecular complexity index is 490. The maximum Gasteiger partial charge on any atom is 0.0522 e. The van der Waals surface area contributed by atoms with Crippen LogP contribution in [0.2, 0.25) is 5.02 Å². The third-order valence-electron chi connectivity index (χ3n) is 3.07. The van der Waals surface area contributed by atoms with Gasteiger partial charge in [0.05, 0.1) is 6.20 Å². The van der Waals surface area contributed by atoms with Crippen molar-refractivity contribution in [2.75, 3.05) is 7.05 Å². The van der Waals surface area contributed by atoms with E-state index in [1.807, 2.05) is 30.1 Å². The fourth-order valence-electron chi connectivity index (χ4n) is 2.00. The Morgan fingerprint density at radius 1 is 1.33 bits per heavy atom. The summed E-state index contributed by atoms with van der Waals surface area (Å²) in [5.74, 6) is 0. The maximum absolute atomic E-state index is 5.91. The van der Waals surface area contributed by atoms with Crippen LogP contribution < -0.4 is 5.32 Å². The highest BCUT2D eigenvalue weighted by molar-refractivity contribution is 6.30. The second-order valence-corrected chi connectivity index (χ2v) is 4.74. The van der Waals surface area contributed by atoms with Crippen molar-refractivity contribution >= 4 is 11.6 Å². The first-order valence-corrected chi connectivity index (χ1v) is 6.54. The molecule has 1 N–H and O–H groups in total. The Kier molecular flexibility index (Phi) is 4.39. The Hall–Kier alpha value is -1.32. The molecule has 1 aromatic carbocycles. The first kappa shape index (κ1) is 13.1. The monoisotopic (exact) mass is 263 g/mol. The number of benzene rings is 1. The molecule has 1 unspecified atom stereocenters. The number of aromatic nitrogens is 2. The quantitative estimate of drug-likeness (QED) is 0.899. The van der Waals surface area contributed by atoms with Gasteiger partial charge in [0, 0.05) is 23.8 Å². The van der Waals surface area contributed by atoms with E-state index in [0.717, 1.165) is 18.0 Å². The molecular formula is C14H18ClN3. The molecule has 0 bridgehead atoms. The lowest BCUT2D eigenvalue weighted by Gasteiger charge is -2.15. The van der Waals surface area contributed by atoms with Crippen LogP contribution in [0.3, 0.4) is 0 Å². The number of aryl methyl sites for hydroxylation is 1. The standard InChI is InChI=1S/C14H18ClN3/c1-3-18-10-11(9-17-18)8-14(16-2)12-4-6-13(15)7-5-12/h4-7,9-10,14,16H,3,8H2,1-2H3. The molecule has 18 heavy (non-hydrogen) atoms. The zero-order valence-electron chi connectivity index (χ0n) is 10.7. The van der Waals surface area contributed by atoms with Gasteiger partial charge >= 0.3 is 0 Å². The van der Waals surface area contributed by atoms with Crippen molar-refractivity contribution < 1.29 is 0 Å². The van der Waals surface area contributed by atoms with Gasteiger partial charge in [-0.1, -0.05) is 23.7 Å². The van der Waals surface area contributed by atoms with Crippen molar-refractivity contribution in [1.29, 1.82) is 0 Å². The van der Waals surface area contributed by atoms with Gasteiger partial charge in [-0.2, -0.15) is 5.10 Å². The Labute approximate surface area is 113 Å². The number of nitrogens with zero attached hydrogens (tertiary/aromatic N) is 2. The van der Waals surface area contributed by atoms with Gasteiger partial charge in [0.25, 0.3) is 0 Å². The van der Waals surface area contributed by atoms with E-state index in [2.05, 4.69) is 35.7 Å². The molecule has 0 aliphatic rings. The molecule has 2 rings (SSSR count). The summed E-state index contributed by atoms with van der Waals surface area (Å²) in [5, 5.41) is 8.40. The van der Waals surface area contributed by atoms with Gasteiger partial charge in [-0.15, -0.1) is 0 Å². The van der Waals surface area contributed by atoms with Crippen molar-refractivity contribution in [1.82, 2.24) is 15.1 Å². The van der Waals surface area contributed by atoms with Crippen LogP contribution >= 0.6 is 11.6 Å². The number of halogens is 1. The van der Waals surface area contributed by atoms with Gasteiger partial charge in [-0.3, -0.25) is 4.68 Å². The lowest BCUT2D eigenvalue weighted by molar-refractivity contribution is 0.591. The number of hydrogen-bond donors (Lipinski definition) is 1. The van der Waals surface area contributed by atoms with E-state index in [0.29, 0.717) is 0 Å². The molecule has 0 amide bonds. The van der Waals surface area contributed by atoms with Crippen molar-refractivity contribution in [3.63, 3.8) is 0 Å². The lowest BCUT2D eigenvalue weighted by atomic mass is 10.0. The third kappa shape index (κ3) is 3.12. The minimum Gasteiger partial charge on any atom is -0.313 e. The molecule has 4 heteroatoms. The normalized spacial score (nSPS) is 12.6. The van der Waals surface area contributed by atoms with E-state index in [9.17, 15) is 0 Å². The smallest absolute Gasteiger partial charge is 0.0522 e. The highest BCUT2D eigenvalue weighted by atomic mass is 35.5. The molecule has 3 nitrogen and oxygen atoms in total. The van der Waals surface area contributed by atoms with Crippen LogP contribution in [-0.2, 0) is 13.0 Å². The summed E-state index contributed by atoms with van der Waals surface area (Å²) >= 11 is 5.91. The Morgan fingerprint density at radius 2 is 2.06 bits per heavy atom. The molecule has 96 valence electrons. The minimum absolute atomic E-state index is 0.289. The van der Waals surface area contributed by atoms with Crippen molar-refractivity contribution in [3.05, 3.63) is 52.8 Å². The summed E-state index contributed by atoms with van der Waals surface area (Å²) in [6.07, 6.45) is 4.96. The minimum atomic E-state index is 0.289. The van der Waals surface area contributed by atoms with Crippen molar-refractivity contribution in [3.8, 4) is 0 Å². The molecule has 1 aromatic heterocycles. The summed E-state index contributed by atoms with van der Waals surface area (Å²) in [6, 6.07) is 8.27. The van der Waals surface area contributed by atoms with Crippen LogP contribution in [0.4, 0.5) is 0 Å². The Morgan fingerprint density at radius 3 is 2.61 bits per heavy atom. The summed E-state index contributed by atoms with van der Waals surface area (Å²) < 4.78 is 1.95. The molecule has 2 aromatic rings.